The highest BCUT2D eigenvalue weighted by molar-refractivity contribution is 7.68. The summed E-state index contributed by atoms with van der Waals surface area (Å²) in [4.78, 5) is 0. The van der Waals surface area contributed by atoms with Crippen LogP contribution in [0, 0.1) is 0 Å². The third-order valence-corrected chi connectivity index (χ3v) is 16.7. The van der Waals surface area contributed by atoms with Crippen molar-refractivity contribution in [2.75, 3.05) is 26.9 Å². The van der Waals surface area contributed by atoms with Gasteiger partial charge in [-0.2, -0.15) is 22.2 Å². The molecular weight excluding hydrogens is 430 g/mol. The van der Waals surface area contributed by atoms with Crippen LogP contribution in [0.5, 0.6) is 0 Å². The van der Waals surface area contributed by atoms with Crippen molar-refractivity contribution in [2.45, 2.75) is 41.4 Å². The molecule has 0 N–H and O–H groups in total. The monoisotopic (exact) mass is 444 g/mol. The summed E-state index contributed by atoms with van der Waals surface area (Å²) in [6.07, 6.45) is 1.99. The maximum atomic E-state index is 6.36. The van der Waals surface area contributed by atoms with Gasteiger partial charge in [0.05, 0.1) is 19.8 Å². The van der Waals surface area contributed by atoms with Crippen molar-refractivity contribution < 1.29 is 18.9 Å². The van der Waals surface area contributed by atoms with Crippen LogP contribution in [0.3, 0.4) is 0 Å². The molecule has 0 aromatic rings. The van der Waals surface area contributed by atoms with E-state index in [1.165, 1.54) is 0 Å². The average Bonchev–Trinajstić information content (AvgIpc) is 2.71. The third-order valence-electron chi connectivity index (χ3n) is 5.14. The molecule has 0 aromatic carbocycles. The number of ether oxygens (including phenoxy) is 4. The van der Waals surface area contributed by atoms with Crippen molar-refractivity contribution in [3.8, 4) is 0 Å². The Balaban J connectivity index is 2.08. The van der Waals surface area contributed by atoms with E-state index in [9.17, 15) is 0 Å². The minimum Gasteiger partial charge on any atom is -0.372 e. The number of hydrogen-bond donors (Lipinski definition) is 0. The lowest BCUT2D eigenvalue weighted by Gasteiger charge is -2.63. The van der Waals surface area contributed by atoms with Gasteiger partial charge in [-0.3, -0.25) is 0 Å². The summed E-state index contributed by atoms with van der Waals surface area (Å²) in [5.74, 6) is -0.845. The topological polar surface area (TPSA) is 36.9 Å². The Morgan fingerprint density at radius 2 is 1.55 bits per heavy atom. The van der Waals surface area contributed by atoms with E-state index < -0.39 is 35.6 Å². The van der Waals surface area contributed by atoms with E-state index in [4.69, 9.17) is 74.3 Å². The van der Waals surface area contributed by atoms with Gasteiger partial charge in [-0.25, -0.2) is 0 Å². The maximum absolute atomic E-state index is 6.36. The lowest BCUT2D eigenvalue weighted by atomic mass is 9.69. The predicted molar refractivity (Wildman–Crippen MR) is 92.8 cm³/mol. The Kier molecular flexibility index (Phi) is 5.18. The van der Waals surface area contributed by atoms with Crippen LogP contribution in [-0.2, 0) is 18.9 Å². The van der Waals surface area contributed by atoms with Crippen molar-refractivity contribution in [1.82, 2.24) is 0 Å². The van der Waals surface area contributed by atoms with Gasteiger partial charge in [-0.15, -0.1) is 33.2 Å². The lowest BCUT2D eigenvalue weighted by Crippen LogP contribution is -2.77. The molecular formula is C11H17Cl5O4Si2. The Labute approximate surface area is 155 Å². The minimum absolute atomic E-state index is 0.504. The summed E-state index contributed by atoms with van der Waals surface area (Å²) in [6, 6.07) is -3.24. The summed E-state index contributed by atoms with van der Waals surface area (Å²) in [7, 11) is -0.744. The molecule has 0 aromatic heterocycles. The van der Waals surface area contributed by atoms with E-state index >= 15 is 0 Å². The molecule has 0 aliphatic carbocycles. The summed E-state index contributed by atoms with van der Waals surface area (Å²) < 4.78 is 23.7. The van der Waals surface area contributed by atoms with Gasteiger partial charge in [0, 0.05) is 31.5 Å². The molecule has 0 radical (unpaired) electrons. The molecule has 0 amide bonds. The van der Waals surface area contributed by atoms with E-state index in [1.54, 1.807) is 7.11 Å². The first kappa shape index (κ1) is 18.5. The molecule has 3 fully saturated rings. The molecule has 4 nitrogen and oxygen atoms in total. The summed E-state index contributed by atoms with van der Waals surface area (Å²) in [6.45, 7) is 1.67. The molecule has 4 atom stereocenters. The minimum atomic E-state index is -3.24. The first-order valence-electron chi connectivity index (χ1n) is 7.07. The zero-order chi connectivity index (χ0) is 16.2. The van der Waals surface area contributed by atoms with Crippen molar-refractivity contribution in [3.63, 3.8) is 0 Å². The van der Waals surface area contributed by atoms with Crippen LogP contribution < -0.4 is 0 Å². The normalized spacial score (nSPS) is 43.2. The summed E-state index contributed by atoms with van der Waals surface area (Å²) in [5, 5.41) is -0.509. The van der Waals surface area contributed by atoms with Crippen molar-refractivity contribution in [3.05, 3.63) is 0 Å². The van der Waals surface area contributed by atoms with E-state index in [2.05, 4.69) is 0 Å². The zero-order valence-electron chi connectivity index (χ0n) is 11.9. The third kappa shape index (κ3) is 2.37. The molecule has 128 valence electrons. The van der Waals surface area contributed by atoms with Crippen LogP contribution in [-0.4, -0.2) is 57.3 Å². The van der Waals surface area contributed by atoms with Gasteiger partial charge in [0.25, 0.3) is 0 Å². The summed E-state index contributed by atoms with van der Waals surface area (Å²) in [5.41, 5.74) is -1.69. The van der Waals surface area contributed by atoms with Gasteiger partial charge < -0.3 is 18.9 Å². The van der Waals surface area contributed by atoms with Crippen LogP contribution in [0.2, 0.25) is 5.16 Å². The van der Waals surface area contributed by atoms with Crippen LogP contribution in [0.15, 0.2) is 0 Å². The molecule has 1 spiro atoms. The molecule has 0 saturated carbocycles. The molecule has 3 saturated heterocycles. The van der Waals surface area contributed by atoms with Crippen molar-refractivity contribution in [2.24, 2.45) is 0 Å². The van der Waals surface area contributed by atoms with Gasteiger partial charge in [0.15, 0.2) is 5.60 Å². The van der Waals surface area contributed by atoms with Gasteiger partial charge in [-0.1, -0.05) is 0 Å². The molecule has 3 heterocycles. The van der Waals surface area contributed by atoms with Gasteiger partial charge in [-0.05, 0) is 0 Å². The quantitative estimate of drug-likeness (QED) is 0.480. The smallest absolute Gasteiger partial charge is 0.346 e. The Morgan fingerprint density at radius 1 is 1.00 bits per heavy atom. The number of methoxy groups -OCH3 is 1. The SMILES string of the molecule is CO[C@]1([C@]2([C@@H]([SiH](Cl)Cl)[Si](Cl)(Cl)Cl)CCO2)CCO[C@]12CCO2. The zero-order valence-corrected chi connectivity index (χ0v) is 17.9. The van der Waals surface area contributed by atoms with Crippen LogP contribution in [0.25, 0.3) is 0 Å². The van der Waals surface area contributed by atoms with Crippen LogP contribution >= 0.6 is 55.4 Å². The maximum Gasteiger partial charge on any atom is 0.346 e. The highest BCUT2D eigenvalue weighted by Crippen LogP contribution is 2.64. The Morgan fingerprint density at radius 3 is 1.86 bits per heavy atom. The molecule has 3 aliphatic heterocycles. The van der Waals surface area contributed by atoms with Crippen LogP contribution in [0.1, 0.15) is 19.3 Å². The lowest BCUT2D eigenvalue weighted by molar-refractivity contribution is -0.397. The van der Waals surface area contributed by atoms with E-state index in [0.717, 1.165) is 6.42 Å². The molecule has 11 heteroatoms. The standard InChI is InChI=1S/C11H17Cl5O4Si2/c1-17-10(3-6-19-11(10)4-7-20-11)9(2-5-18-9)8(21(12)13)22(14,15)16/h8,21H,2-7H2,1H3/t8-,9+,10-,11-/m0/s1. The Hall–Kier alpha value is 1.72. The van der Waals surface area contributed by atoms with Crippen molar-refractivity contribution in [1.29, 1.82) is 0 Å². The first-order chi connectivity index (χ1) is 10.2. The molecule has 0 bridgehead atoms. The fourth-order valence-electron chi connectivity index (χ4n) is 4.10. The van der Waals surface area contributed by atoms with E-state index in [-0.39, 0.29) is 0 Å². The molecule has 3 aliphatic rings. The molecule has 22 heavy (non-hydrogen) atoms. The van der Waals surface area contributed by atoms with E-state index in [1.807, 2.05) is 0 Å². The van der Waals surface area contributed by atoms with Gasteiger partial charge in [0.2, 0.25) is 13.2 Å². The second-order valence-corrected chi connectivity index (χ2v) is 20.1. The number of halogens is 5. The highest BCUT2D eigenvalue weighted by Gasteiger charge is 2.78. The second-order valence-electron chi connectivity index (χ2n) is 5.82. The Bertz CT molecular complexity index is 441. The fraction of sp³-hybridized carbons (Fsp3) is 1.00. The van der Waals surface area contributed by atoms with Crippen LogP contribution in [0.4, 0.5) is 0 Å². The predicted octanol–water partition coefficient (Wildman–Crippen LogP) is 3.33. The largest absolute Gasteiger partial charge is 0.372 e. The average molecular weight is 447 g/mol. The molecule has 3 rings (SSSR count). The fourth-order valence-corrected chi connectivity index (χ4v) is 20.3. The van der Waals surface area contributed by atoms with E-state index in [0.29, 0.717) is 32.7 Å². The van der Waals surface area contributed by atoms with Crippen molar-refractivity contribution >= 4 is 68.8 Å². The first-order valence-corrected chi connectivity index (χ1v) is 16.3. The van der Waals surface area contributed by atoms with Gasteiger partial charge in [0.1, 0.15) is 5.60 Å². The number of rotatable bonds is 5. The van der Waals surface area contributed by atoms with Gasteiger partial charge >= 0.3 is 6.00 Å². The summed E-state index contributed by atoms with van der Waals surface area (Å²) >= 11 is 31.8. The highest BCUT2D eigenvalue weighted by atomic mass is 35.8. The molecule has 0 unspecified atom stereocenters. The second kappa shape index (κ2) is 6.16. The number of hydrogen-bond acceptors (Lipinski definition) is 4.